The minimum absolute atomic E-state index is 0.0812. The predicted octanol–water partition coefficient (Wildman–Crippen LogP) is 2.88. The molecule has 1 fully saturated rings. The first-order valence-electron chi connectivity index (χ1n) is 7.54. The zero-order valence-corrected chi connectivity index (χ0v) is 11.8. The number of nitrogens with zero attached hydrogens (tertiary/aromatic N) is 1. The third-order valence-corrected chi connectivity index (χ3v) is 4.18. The van der Waals surface area contributed by atoms with Gasteiger partial charge in [-0.05, 0) is 55.5 Å². The highest BCUT2D eigenvalue weighted by atomic mass is 16.3. The van der Waals surface area contributed by atoms with Crippen LogP contribution in [0.15, 0.2) is 36.5 Å². The van der Waals surface area contributed by atoms with Crippen molar-refractivity contribution in [2.75, 3.05) is 6.54 Å². The molecule has 20 heavy (non-hydrogen) atoms. The Kier molecular flexibility index (Phi) is 4.28. The molecule has 2 aromatic rings. The zero-order chi connectivity index (χ0) is 13.8. The number of aliphatic hydroxyl groups is 1. The summed E-state index contributed by atoms with van der Waals surface area (Å²) in [6, 6.07) is 10.5. The van der Waals surface area contributed by atoms with E-state index < -0.39 is 0 Å². The normalized spacial score (nSPS) is 23.1. The van der Waals surface area contributed by atoms with Gasteiger partial charge in [-0.15, -0.1) is 0 Å². The van der Waals surface area contributed by atoms with Crippen LogP contribution in [0.5, 0.6) is 0 Å². The molecule has 3 rings (SSSR count). The molecule has 1 aromatic heterocycles. The van der Waals surface area contributed by atoms with Gasteiger partial charge in [0.1, 0.15) is 0 Å². The van der Waals surface area contributed by atoms with Crippen LogP contribution < -0.4 is 5.32 Å². The molecule has 1 aliphatic rings. The molecule has 1 saturated carbocycles. The lowest BCUT2D eigenvalue weighted by molar-refractivity contribution is 0.101. The fourth-order valence-electron chi connectivity index (χ4n) is 3.10. The summed E-state index contributed by atoms with van der Waals surface area (Å²) in [6.45, 7) is 1.89. The number of rotatable bonds is 4. The number of nitrogens with one attached hydrogen (secondary N) is 1. The van der Waals surface area contributed by atoms with Crippen molar-refractivity contribution in [3.63, 3.8) is 0 Å². The van der Waals surface area contributed by atoms with E-state index in [1.807, 2.05) is 12.3 Å². The summed E-state index contributed by atoms with van der Waals surface area (Å²) in [6.07, 6.45) is 6.08. The number of hydrogen-bond donors (Lipinski definition) is 2. The fourth-order valence-corrected chi connectivity index (χ4v) is 3.10. The molecule has 1 heterocycles. The van der Waals surface area contributed by atoms with Crippen LogP contribution in [0.4, 0.5) is 0 Å². The van der Waals surface area contributed by atoms with Gasteiger partial charge in [-0.3, -0.25) is 4.98 Å². The number of pyridine rings is 1. The first-order chi connectivity index (χ1) is 9.81. The standard InChI is InChI=1S/C17H22N2O/c20-16-5-1-3-13(10-16)11-18-12-14-6-7-17-15(9-14)4-2-8-19-17/h2,4,6-9,13,16,18,20H,1,3,5,10-12H2. The molecule has 1 aromatic carbocycles. The molecule has 2 atom stereocenters. The molecule has 106 valence electrons. The summed E-state index contributed by atoms with van der Waals surface area (Å²) in [7, 11) is 0. The minimum atomic E-state index is -0.0812. The molecule has 2 unspecified atom stereocenters. The van der Waals surface area contributed by atoms with E-state index in [0.717, 1.165) is 37.9 Å². The molecule has 1 aliphatic carbocycles. The van der Waals surface area contributed by atoms with Crippen LogP contribution in [0.25, 0.3) is 10.9 Å². The molecule has 0 saturated heterocycles. The molecular weight excluding hydrogens is 248 g/mol. The van der Waals surface area contributed by atoms with Crippen molar-refractivity contribution >= 4 is 10.9 Å². The Labute approximate surface area is 120 Å². The van der Waals surface area contributed by atoms with E-state index in [9.17, 15) is 5.11 Å². The first-order valence-corrected chi connectivity index (χ1v) is 7.54. The van der Waals surface area contributed by atoms with Gasteiger partial charge in [0, 0.05) is 18.1 Å². The number of aromatic nitrogens is 1. The van der Waals surface area contributed by atoms with E-state index in [0.29, 0.717) is 5.92 Å². The van der Waals surface area contributed by atoms with E-state index in [1.165, 1.54) is 17.4 Å². The van der Waals surface area contributed by atoms with Crippen molar-refractivity contribution in [1.29, 1.82) is 0 Å². The molecule has 2 N–H and O–H groups in total. The van der Waals surface area contributed by atoms with Crippen LogP contribution in [-0.4, -0.2) is 22.7 Å². The highest BCUT2D eigenvalue weighted by Gasteiger charge is 2.19. The van der Waals surface area contributed by atoms with Crippen molar-refractivity contribution in [3.8, 4) is 0 Å². The van der Waals surface area contributed by atoms with Crippen molar-refractivity contribution in [1.82, 2.24) is 10.3 Å². The van der Waals surface area contributed by atoms with Crippen LogP contribution in [-0.2, 0) is 6.54 Å². The first kappa shape index (κ1) is 13.5. The lowest BCUT2D eigenvalue weighted by atomic mass is 9.87. The van der Waals surface area contributed by atoms with Gasteiger partial charge in [0.15, 0.2) is 0 Å². The highest BCUT2D eigenvalue weighted by Crippen LogP contribution is 2.23. The van der Waals surface area contributed by atoms with E-state index in [4.69, 9.17) is 0 Å². The molecule has 0 radical (unpaired) electrons. The second kappa shape index (κ2) is 6.33. The second-order valence-corrected chi connectivity index (χ2v) is 5.85. The zero-order valence-electron chi connectivity index (χ0n) is 11.8. The third kappa shape index (κ3) is 3.35. The van der Waals surface area contributed by atoms with Crippen molar-refractivity contribution in [3.05, 3.63) is 42.1 Å². The lowest BCUT2D eigenvalue weighted by Gasteiger charge is -2.26. The average Bonchev–Trinajstić information content (AvgIpc) is 2.47. The molecule has 3 heteroatoms. The van der Waals surface area contributed by atoms with E-state index in [-0.39, 0.29) is 6.10 Å². The number of benzene rings is 1. The van der Waals surface area contributed by atoms with Gasteiger partial charge >= 0.3 is 0 Å². The van der Waals surface area contributed by atoms with Gasteiger partial charge in [-0.1, -0.05) is 18.6 Å². The second-order valence-electron chi connectivity index (χ2n) is 5.85. The molecule has 3 nitrogen and oxygen atoms in total. The summed E-state index contributed by atoms with van der Waals surface area (Å²) in [5, 5.41) is 14.4. The largest absolute Gasteiger partial charge is 0.393 e. The van der Waals surface area contributed by atoms with Crippen molar-refractivity contribution in [2.24, 2.45) is 5.92 Å². The van der Waals surface area contributed by atoms with Crippen LogP contribution in [0.1, 0.15) is 31.2 Å². The quantitative estimate of drug-likeness (QED) is 0.898. The van der Waals surface area contributed by atoms with Crippen molar-refractivity contribution < 1.29 is 5.11 Å². The Morgan fingerprint density at radius 3 is 3.10 bits per heavy atom. The van der Waals surface area contributed by atoms with Crippen molar-refractivity contribution in [2.45, 2.75) is 38.3 Å². The maximum atomic E-state index is 9.68. The third-order valence-electron chi connectivity index (χ3n) is 4.18. The van der Waals surface area contributed by atoms with Gasteiger partial charge in [0.05, 0.1) is 11.6 Å². The maximum absolute atomic E-state index is 9.68. The van der Waals surface area contributed by atoms with E-state index >= 15 is 0 Å². The summed E-state index contributed by atoms with van der Waals surface area (Å²) in [5.41, 5.74) is 2.34. The molecule has 0 bridgehead atoms. The number of fused-ring (bicyclic) bond motifs is 1. The Bertz CT molecular complexity index is 570. The summed E-state index contributed by atoms with van der Waals surface area (Å²) in [5.74, 6) is 0.626. The lowest BCUT2D eigenvalue weighted by Crippen LogP contribution is -2.28. The van der Waals surface area contributed by atoms with Gasteiger partial charge in [-0.25, -0.2) is 0 Å². The molecule has 0 aliphatic heterocycles. The molecule has 0 spiro atoms. The number of hydrogen-bond acceptors (Lipinski definition) is 3. The maximum Gasteiger partial charge on any atom is 0.0702 e. The topological polar surface area (TPSA) is 45.1 Å². The predicted molar refractivity (Wildman–Crippen MR) is 81.4 cm³/mol. The highest BCUT2D eigenvalue weighted by molar-refractivity contribution is 5.78. The Morgan fingerprint density at radius 2 is 2.20 bits per heavy atom. The van der Waals surface area contributed by atoms with Crippen LogP contribution in [0.3, 0.4) is 0 Å². The average molecular weight is 270 g/mol. The van der Waals surface area contributed by atoms with Crippen LogP contribution >= 0.6 is 0 Å². The Balaban J connectivity index is 1.54. The SMILES string of the molecule is OC1CCCC(CNCc2ccc3ncccc3c2)C1. The monoisotopic (exact) mass is 270 g/mol. The Morgan fingerprint density at radius 1 is 1.25 bits per heavy atom. The Hall–Kier alpha value is -1.45. The van der Waals surface area contributed by atoms with Gasteiger partial charge < -0.3 is 10.4 Å². The number of aliphatic hydroxyl groups excluding tert-OH is 1. The van der Waals surface area contributed by atoms with Gasteiger partial charge in [0.2, 0.25) is 0 Å². The van der Waals surface area contributed by atoms with Gasteiger partial charge in [0.25, 0.3) is 0 Å². The summed E-state index contributed by atoms with van der Waals surface area (Å²) < 4.78 is 0. The van der Waals surface area contributed by atoms with E-state index in [2.05, 4.69) is 34.6 Å². The van der Waals surface area contributed by atoms with E-state index in [1.54, 1.807) is 0 Å². The molecular formula is C17H22N2O. The summed E-state index contributed by atoms with van der Waals surface area (Å²) >= 11 is 0. The minimum Gasteiger partial charge on any atom is -0.393 e. The molecule has 0 amide bonds. The van der Waals surface area contributed by atoms with Crippen LogP contribution in [0.2, 0.25) is 0 Å². The van der Waals surface area contributed by atoms with Crippen LogP contribution in [0, 0.1) is 5.92 Å². The summed E-state index contributed by atoms with van der Waals surface area (Å²) in [4.78, 5) is 4.34. The van der Waals surface area contributed by atoms with Gasteiger partial charge in [-0.2, -0.15) is 0 Å². The smallest absolute Gasteiger partial charge is 0.0702 e. The fraction of sp³-hybridized carbons (Fsp3) is 0.471.